The second-order valence-corrected chi connectivity index (χ2v) is 6.20. The molecule has 0 bridgehead atoms. The number of methoxy groups -OCH3 is 2. The minimum absolute atomic E-state index is 0.170. The molecular formula is C19H27NO5. The van der Waals surface area contributed by atoms with Crippen molar-refractivity contribution in [2.24, 2.45) is 0 Å². The molecule has 2 rings (SSSR count). The molecule has 0 heterocycles. The van der Waals surface area contributed by atoms with Gasteiger partial charge in [0.15, 0.2) is 0 Å². The second-order valence-electron chi connectivity index (χ2n) is 6.20. The lowest BCUT2D eigenvalue weighted by Crippen LogP contribution is -2.44. The summed E-state index contributed by atoms with van der Waals surface area (Å²) in [6, 6.07) is 4.96. The van der Waals surface area contributed by atoms with Crippen molar-refractivity contribution >= 4 is 17.6 Å². The predicted octanol–water partition coefficient (Wildman–Crippen LogP) is 3.55. The van der Waals surface area contributed by atoms with Gasteiger partial charge in [0.1, 0.15) is 16.9 Å². The molecule has 1 aliphatic carbocycles. The largest absolute Gasteiger partial charge is 0.493 e. The van der Waals surface area contributed by atoms with Gasteiger partial charge in [0.05, 0.1) is 13.7 Å². The van der Waals surface area contributed by atoms with Crippen LogP contribution >= 0.6 is 0 Å². The molecular weight excluding hydrogens is 322 g/mol. The summed E-state index contributed by atoms with van der Waals surface area (Å²) >= 11 is 0. The lowest BCUT2D eigenvalue weighted by Gasteiger charge is -2.30. The van der Waals surface area contributed by atoms with E-state index in [-0.39, 0.29) is 11.5 Å². The van der Waals surface area contributed by atoms with Gasteiger partial charge in [-0.25, -0.2) is 4.79 Å². The number of carbonyl (C=O) groups excluding carboxylic acids is 2. The third-order valence-electron chi connectivity index (χ3n) is 4.66. The minimum Gasteiger partial charge on any atom is -0.493 e. The number of benzene rings is 1. The van der Waals surface area contributed by atoms with Gasteiger partial charge in [-0.15, -0.1) is 0 Å². The molecule has 0 radical (unpaired) electrons. The number of hydrogen-bond acceptors (Lipinski definition) is 5. The zero-order valence-corrected chi connectivity index (χ0v) is 15.2. The summed E-state index contributed by atoms with van der Waals surface area (Å²) in [6.07, 6.45) is 5.59. The maximum atomic E-state index is 12.9. The smallest absolute Gasteiger partial charge is 0.341 e. The average Bonchev–Trinajstić information content (AvgIpc) is 2.89. The molecule has 138 valence electrons. The normalized spacial score (nSPS) is 16.6. The SMILES string of the molecule is CCOc1ccc(NC(=O)C2(OC)CCCCCC2)cc1C(=O)OC. The van der Waals surface area contributed by atoms with E-state index in [0.717, 1.165) is 25.7 Å². The van der Waals surface area contributed by atoms with Crippen molar-refractivity contribution in [1.82, 2.24) is 0 Å². The number of rotatable bonds is 6. The van der Waals surface area contributed by atoms with Crippen LogP contribution < -0.4 is 10.1 Å². The van der Waals surface area contributed by atoms with Gasteiger partial charge in [-0.3, -0.25) is 4.79 Å². The Morgan fingerprint density at radius 3 is 2.36 bits per heavy atom. The van der Waals surface area contributed by atoms with E-state index >= 15 is 0 Å². The first-order chi connectivity index (χ1) is 12.1. The number of anilines is 1. The first-order valence-electron chi connectivity index (χ1n) is 8.78. The van der Waals surface area contributed by atoms with E-state index in [1.54, 1.807) is 25.3 Å². The Balaban J connectivity index is 2.23. The van der Waals surface area contributed by atoms with E-state index < -0.39 is 11.6 Å². The molecule has 25 heavy (non-hydrogen) atoms. The third-order valence-corrected chi connectivity index (χ3v) is 4.66. The van der Waals surface area contributed by atoms with Crippen molar-refractivity contribution in [2.75, 3.05) is 26.1 Å². The van der Waals surface area contributed by atoms with Crippen LogP contribution in [0.2, 0.25) is 0 Å². The molecule has 0 saturated heterocycles. The molecule has 0 aliphatic heterocycles. The van der Waals surface area contributed by atoms with E-state index in [4.69, 9.17) is 14.2 Å². The first-order valence-corrected chi connectivity index (χ1v) is 8.78. The van der Waals surface area contributed by atoms with Crippen molar-refractivity contribution in [2.45, 2.75) is 51.0 Å². The summed E-state index contributed by atoms with van der Waals surface area (Å²) in [5, 5.41) is 2.89. The molecule has 1 amide bonds. The van der Waals surface area contributed by atoms with Gasteiger partial charge < -0.3 is 19.5 Å². The quantitative estimate of drug-likeness (QED) is 0.628. The number of amides is 1. The van der Waals surface area contributed by atoms with Crippen molar-refractivity contribution < 1.29 is 23.8 Å². The van der Waals surface area contributed by atoms with Crippen LogP contribution in [-0.2, 0) is 14.3 Å². The Labute approximate surface area is 148 Å². The number of nitrogens with one attached hydrogen (secondary N) is 1. The van der Waals surface area contributed by atoms with E-state index in [0.29, 0.717) is 30.9 Å². The Morgan fingerprint density at radius 2 is 1.80 bits per heavy atom. The van der Waals surface area contributed by atoms with Crippen molar-refractivity contribution in [1.29, 1.82) is 0 Å². The molecule has 0 unspecified atom stereocenters. The monoisotopic (exact) mass is 349 g/mol. The van der Waals surface area contributed by atoms with Crippen LogP contribution in [-0.4, -0.2) is 38.3 Å². The summed E-state index contributed by atoms with van der Waals surface area (Å²) in [4.78, 5) is 24.8. The van der Waals surface area contributed by atoms with Gasteiger partial charge in [-0.2, -0.15) is 0 Å². The highest BCUT2D eigenvalue weighted by Gasteiger charge is 2.38. The van der Waals surface area contributed by atoms with Gasteiger partial charge in [0.2, 0.25) is 0 Å². The summed E-state index contributed by atoms with van der Waals surface area (Å²) in [6.45, 7) is 2.27. The summed E-state index contributed by atoms with van der Waals surface area (Å²) in [5.74, 6) is -0.240. The molecule has 1 aromatic rings. The van der Waals surface area contributed by atoms with Crippen LogP contribution in [0.5, 0.6) is 5.75 Å². The van der Waals surface area contributed by atoms with Gasteiger partial charge in [-0.1, -0.05) is 25.7 Å². The minimum atomic E-state index is -0.805. The topological polar surface area (TPSA) is 73.9 Å². The van der Waals surface area contributed by atoms with Crippen LogP contribution in [0.3, 0.4) is 0 Å². The van der Waals surface area contributed by atoms with Crippen LogP contribution in [0.4, 0.5) is 5.69 Å². The van der Waals surface area contributed by atoms with E-state index in [1.807, 2.05) is 6.92 Å². The van der Waals surface area contributed by atoms with Crippen LogP contribution in [0.15, 0.2) is 18.2 Å². The van der Waals surface area contributed by atoms with E-state index in [1.165, 1.54) is 7.11 Å². The Hall–Kier alpha value is -2.08. The van der Waals surface area contributed by atoms with Gasteiger partial charge >= 0.3 is 5.97 Å². The highest BCUT2D eigenvalue weighted by molar-refractivity contribution is 5.99. The molecule has 0 spiro atoms. The number of carbonyl (C=O) groups is 2. The average molecular weight is 349 g/mol. The molecule has 0 aromatic heterocycles. The fourth-order valence-corrected chi connectivity index (χ4v) is 3.23. The molecule has 1 aliphatic rings. The Bertz CT molecular complexity index is 606. The summed E-state index contributed by atoms with van der Waals surface area (Å²) in [7, 11) is 2.90. The lowest BCUT2D eigenvalue weighted by atomic mass is 9.93. The van der Waals surface area contributed by atoms with E-state index in [2.05, 4.69) is 5.32 Å². The van der Waals surface area contributed by atoms with Crippen molar-refractivity contribution in [3.63, 3.8) is 0 Å². The zero-order chi connectivity index (χ0) is 18.3. The molecule has 0 atom stereocenters. The summed E-state index contributed by atoms with van der Waals surface area (Å²) < 4.78 is 15.9. The molecule has 6 nitrogen and oxygen atoms in total. The van der Waals surface area contributed by atoms with Gasteiger partial charge in [-0.05, 0) is 38.0 Å². The highest BCUT2D eigenvalue weighted by atomic mass is 16.5. The Morgan fingerprint density at radius 1 is 1.12 bits per heavy atom. The standard InChI is InChI=1S/C19H27NO5/c1-4-25-16-10-9-14(13-15(16)17(21)23-2)20-18(22)19(24-3)11-7-5-6-8-12-19/h9-10,13H,4-8,11-12H2,1-3H3,(H,20,22). The molecule has 1 N–H and O–H groups in total. The Kier molecular flexibility index (Phi) is 6.82. The predicted molar refractivity (Wildman–Crippen MR) is 95.0 cm³/mol. The first kappa shape index (κ1) is 19.2. The fourth-order valence-electron chi connectivity index (χ4n) is 3.23. The maximum absolute atomic E-state index is 12.9. The zero-order valence-electron chi connectivity index (χ0n) is 15.2. The fraction of sp³-hybridized carbons (Fsp3) is 0.579. The van der Waals surface area contributed by atoms with Crippen molar-refractivity contribution in [3.8, 4) is 5.75 Å². The number of ether oxygens (including phenoxy) is 3. The summed E-state index contributed by atoms with van der Waals surface area (Å²) in [5.41, 5.74) is 0.00423. The van der Waals surface area contributed by atoms with Crippen LogP contribution in [0.25, 0.3) is 0 Å². The number of esters is 1. The van der Waals surface area contributed by atoms with Crippen LogP contribution in [0, 0.1) is 0 Å². The van der Waals surface area contributed by atoms with E-state index in [9.17, 15) is 9.59 Å². The van der Waals surface area contributed by atoms with Crippen molar-refractivity contribution in [3.05, 3.63) is 23.8 Å². The number of hydrogen-bond donors (Lipinski definition) is 1. The molecule has 1 fully saturated rings. The maximum Gasteiger partial charge on any atom is 0.341 e. The molecule has 1 aromatic carbocycles. The van der Waals surface area contributed by atoms with Gasteiger partial charge in [0.25, 0.3) is 5.91 Å². The highest BCUT2D eigenvalue weighted by Crippen LogP contribution is 2.32. The van der Waals surface area contributed by atoms with Gasteiger partial charge in [0, 0.05) is 12.8 Å². The lowest BCUT2D eigenvalue weighted by molar-refractivity contribution is -0.139. The molecule has 1 saturated carbocycles. The third kappa shape index (κ3) is 4.51. The van der Waals surface area contributed by atoms with Crippen LogP contribution in [0.1, 0.15) is 55.8 Å². The second kappa shape index (κ2) is 8.85. The molecule has 6 heteroatoms.